The van der Waals surface area contributed by atoms with Crippen LogP contribution in [0.5, 0.6) is 0 Å². The fourth-order valence-electron chi connectivity index (χ4n) is 2.48. The lowest BCUT2D eigenvalue weighted by atomic mass is 10.1. The van der Waals surface area contributed by atoms with Crippen molar-refractivity contribution in [2.24, 2.45) is 0 Å². The third kappa shape index (κ3) is 1.77. The number of aromatic nitrogens is 2. The van der Waals surface area contributed by atoms with Crippen molar-refractivity contribution < 1.29 is 8.42 Å². The van der Waals surface area contributed by atoms with E-state index in [9.17, 15) is 8.42 Å². The van der Waals surface area contributed by atoms with E-state index in [4.69, 9.17) is 5.73 Å². The summed E-state index contributed by atoms with van der Waals surface area (Å²) in [6, 6.07) is 5.16. The molecule has 0 bridgehead atoms. The maximum Gasteiger partial charge on any atom is 0.281 e. The van der Waals surface area contributed by atoms with Crippen LogP contribution in [0.4, 0.5) is 11.4 Å². The first kappa shape index (κ1) is 12.0. The van der Waals surface area contributed by atoms with Gasteiger partial charge in [-0.25, -0.2) is 4.98 Å². The first-order chi connectivity index (χ1) is 9.00. The molecule has 0 spiro atoms. The van der Waals surface area contributed by atoms with Crippen LogP contribution in [0.15, 0.2) is 35.7 Å². The van der Waals surface area contributed by atoms with Crippen LogP contribution in [-0.2, 0) is 16.4 Å². The van der Waals surface area contributed by atoms with E-state index in [1.54, 1.807) is 12.1 Å². The van der Waals surface area contributed by atoms with E-state index < -0.39 is 10.0 Å². The van der Waals surface area contributed by atoms with E-state index in [-0.39, 0.29) is 11.1 Å². The Balaban J connectivity index is 2.13. The molecule has 2 aromatic rings. The van der Waals surface area contributed by atoms with E-state index in [1.165, 1.54) is 16.8 Å². The van der Waals surface area contributed by atoms with Crippen LogP contribution in [0, 0.1) is 0 Å². The SMILES string of the molecule is CC1Cc2cc(N)ccc2N1S(=O)(=O)c1cnc[nH]1. The van der Waals surface area contributed by atoms with Gasteiger partial charge in [0, 0.05) is 11.7 Å². The summed E-state index contributed by atoms with van der Waals surface area (Å²) in [7, 11) is -3.60. The van der Waals surface area contributed by atoms with Crippen molar-refractivity contribution in [3.63, 3.8) is 0 Å². The molecule has 1 aliphatic rings. The minimum atomic E-state index is -3.60. The third-order valence-corrected chi connectivity index (χ3v) is 5.12. The van der Waals surface area contributed by atoms with Gasteiger partial charge in [0.2, 0.25) is 0 Å². The molecular formula is C12H14N4O2S. The second-order valence-electron chi connectivity index (χ2n) is 4.66. The lowest BCUT2D eigenvalue weighted by Gasteiger charge is -2.23. The number of aromatic amines is 1. The minimum Gasteiger partial charge on any atom is -0.399 e. The van der Waals surface area contributed by atoms with Crippen molar-refractivity contribution in [2.75, 3.05) is 10.0 Å². The normalized spacial score (nSPS) is 18.6. The monoisotopic (exact) mass is 278 g/mol. The number of nitrogens with two attached hydrogens (primary N) is 1. The molecule has 0 saturated heterocycles. The third-order valence-electron chi connectivity index (χ3n) is 3.27. The maximum atomic E-state index is 12.6. The van der Waals surface area contributed by atoms with Gasteiger partial charge in [-0.05, 0) is 37.1 Å². The Morgan fingerprint density at radius 3 is 2.95 bits per heavy atom. The van der Waals surface area contributed by atoms with Gasteiger partial charge in [-0.2, -0.15) is 8.42 Å². The van der Waals surface area contributed by atoms with E-state index in [0.29, 0.717) is 17.8 Å². The van der Waals surface area contributed by atoms with Crippen molar-refractivity contribution >= 4 is 21.4 Å². The number of benzene rings is 1. The maximum absolute atomic E-state index is 12.6. The molecule has 0 amide bonds. The smallest absolute Gasteiger partial charge is 0.281 e. The Labute approximate surface area is 111 Å². The van der Waals surface area contributed by atoms with Gasteiger partial charge in [0.25, 0.3) is 10.0 Å². The molecule has 0 fully saturated rings. The predicted molar refractivity (Wildman–Crippen MR) is 72.3 cm³/mol. The zero-order valence-corrected chi connectivity index (χ0v) is 11.2. The van der Waals surface area contributed by atoms with Crippen molar-refractivity contribution in [1.29, 1.82) is 0 Å². The molecule has 19 heavy (non-hydrogen) atoms. The lowest BCUT2D eigenvalue weighted by molar-refractivity contribution is 0.581. The summed E-state index contributed by atoms with van der Waals surface area (Å²) >= 11 is 0. The number of nitrogen functional groups attached to an aromatic ring is 1. The Morgan fingerprint density at radius 1 is 1.47 bits per heavy atom. The molecule has 6 nitrogen and oxygen atoms in total. The van der Waals surface area contributed by atoms with Gasteiger partial charge in [0.1, 0.15) is 0 Å². The highest BCUT2D eigenvalue weighted by Crippen LogP contribution is 2.37. The average molecular weight is 278 g/mol. The summed E-state index contributed by atoms with van der Waals surface area (Å²) in [5, 5.41) is 0.101. The molecule has 1 aromatic carbocycles. The van der Waals surface area contributed by atoms with Gasteiger partial charge in [-0.15, -0.1) is 0 Å². The standard InChI is InChI=1S/C12H14N4O2S/c1-8-4-9-5-10(13)2-3-11(9)16(8)19(17,18)12-6-14-7-15-12/h2-3,5-8H,4,13H2,1H3,(H,14,15). The minimum absolute atomic E-state index is 0.101. The van der Waals surface area contributed by atoms with Crippen molar-refractivity contribution in [1.82, 2.24) is 9.97 Å². The fourth-order valence-corrected chi connectivity index (χ4v) is 4.07. The summed E-state index contributed by atoms with van der Waals surface area (Å²) < 4.78 is 26.6. The molecular weight excluding hydrogens is 264 g/mol. The highest BCUT2D eigenvalue weighted by Gasteiger charge is 2.36. The molecule has 3 rings (SSSR count). The van der Waals surface area contributed by atoms with Crippen LogP contribution in [0.2, 0.25) is 0 Å². The molecule has 1 aromatic heterocycles. The number of anilines is 2. The summed E-state index contributed by atoms with van der Waals surface area (Å²) in [4.78, 5) is 6.43. The Hall–Kier alpha value is -2.02. The molecule has 3 N–H and O–H groups in total. The van der Waals surface area contributed by atoms with Crippen LogP contribution < -0.4 is 10.0 Å². The van der Waals surface area contributed by atoms with Crippen LogP contribution in [0.3, 0.4) is 0 Å². The number of fused-ring (bicyclic) bond motifs is 1. The van der Waals surface area contributed by atoms with E-state index >= 15 is 0 Å². The van der Waals surface area contributed by atoms with E-state index in [2.05, 4.69) is 9.97 Å². The van der Waals surface area contributed by atoms with Crippen molar-refractivity contribution in [3.8, 4) is 0 Å². The second-order valence-corrected chi connectivity index (χ2v) is 6.44. The highest BCUT2D eigenvalue weighted by molar-refractivity contribution is 7.92. The van der Waals surface area contributed by atoms with E-state index in [1.807, 2.05) is 13.0 Å². The number of sulfonamides is 1. The first-order valence-corrected chi connectivity index (χ1v) is 7.35. The molecule has 1 aliphatic heterocycles. The van der Waals surface area contributed by atoms with Gasteiger partial charge in [0.15, 0.2) is 5.03 Å². The number of hydrogen-bond acceptors (Lipinski definition) is 4. The Morgan fingerprint density at radius 2 is 2.26 bits per heavy atom. The number of hydrogen-bond donors (Lipinski definition) is 2. The molecule has 1 atom stereocenters. The molecule has 100 valence electrons. The summed E-state index contributed by atoms with van der Waals surface area (Å²) in [6.45, 7) is 1.88. The quantitative estimate of drug-likeness (QED) is 0.805. The fraction of sp³-hybridized carbons (Fsp3) is 0.250. The highest BCUT2D eigenvalue weighted by atomic mass is 32.2. The zero-order valence-electron chi connectivity index (χ0n) is 10.4. The van der Waals surface area contributed by atoms with Gasteiger partial charge in [-0.1, -0.05) is 0 Å². The summed E-state index contributed by atoms with van der Waals surface area (Å²) in [6.07, 6.45) is 3.34. The van der Waals surface area contributed by atoms with Crippen LogP contribution in [0.1, 0.15) is 12.5 Å². The summed E-state index contributed by atoms with van der Waals surface area (Å²) in [5.74, 6) is 0. The molecule has 0 saturated carbocycles. The molecule has 2 heterocycles. The topological polar surface area (TPSA) is 92.1 Å². The van der Waals surface area contributed by atoms with Gasteiger partial charge >= 0.3 is 0 Å². The summed E-state index contributed by atoms with van der Waals surface area (Å²) in [5.41, 5.74) is 8.03. The molecule has 7 heteroatoms. The van der Waals surface area contributed by atoms with Gasteiger partial charge in [-0.3, -0.25) is 4.31 Å². The molecule has 0 aliphatic carbocycles. The first-order valence-electron chi connectivity index (χ1n) is 5.91. The van der Waals surface area contributed by atoms with Crippen LogP contribution in [0.25, 0.3) is 0 Å². The van der Waals surface area contributed by atoms with Gasteiger partial charge in [0.05, 0.1) is 18.2 Å². The van der Waals surface area contributed by atoms with E-state index in [0.717, 1.165) is 5.56 Å². The Bertz CT molecular complexity index is 709. The molecule has 1 unspecified atom stereocenters. The van der Waals surface area contributed by atoms with Gasteiger partial charge < -0.3 is 10.7 Å². The largest absolute Gasteiger partial charge is 0.399 e. The Kier molecular flexibility index (Phi) is 2.53. The second kappa shape index (κ2) is 3.99. The van der Waals surface area contributed by atoms with Crippen LogP contribution >= 0.6 is 0 Å². The van der Waals surface area contributed by atoms with Crippen LogP contribution in [-0.4, -0.2) is 24.4 Å². The molecule has 0 radical (unpaired) electrons. The zero-order chi connectivity index (χ0) is 13.6. The number of rotatable bonds is 2. The number of nitrogens with one attached hydrogen (secondary N) is 1. The number of imidazole rings is 1. The van der Waals surface area contributed by atoms with Crippen molar-refractivity contribution in [2.45, 2.75) is 24.4 Å². The lowest BCUT2D eigenvalue weighted by Crippen LogP contribution is -2.35. The number of nitrogens with zero attached hydrogens (tertiary/aromatic N) is 2. The average Bonchev–Trinajstić information content (AvgIpc) is 2.94. The predicted octanol–water partition coefficient (Wildman–Crippen LogP) is 1.13. The number of H-pyrrole nitrogens is 1. The van der Waals surface area contributed by atoms with Crippen molar-refractivity contribution in [3.05, 3.63) is 36.3 Å².